The van der Waals surface area contributed by atoms with Gasteiger partial charge in [-0.25, -0.2) is 0 Å². The second-order valence-corrected chi connectivity index (χ2v) is 5.17. The highest BCUT2D eigenvalue weighted by molar-refractivity contribution is 5.95. The molecule has 0 aromatic heterocycles. The van der Waals surface area contributed by atoms with E-state index in [9.17, 15) is 14.7 Å². The monoisotopic (exact) mass is 260 g/mol. The summed E-state index contributed by atoms with van der Waals surface area (Å²) >= 11 is 0. The molecule has 0 spiro atoms. The zero-order valence-corrected chi connectivity index (χ0v) is 11.0. The highest BCUT2D eigenvalue weighted by Gasteiger charge is 2.31. The standard InChI is InChI=1S/C15H19NO3/c1-10-6-8-11(9-7-10)16-14(17)12-4-2-3-5-13(12)15(18)19/h6-9,12-13H,2-5H2,1H3,(H,16,17)(H,18,19)/p-1/t12-,13-/m1/s1. The normalized spacial score (nSPS) is 22.8. The zero-order valence-electron chi connectivity index (χ0n) is 11.0. The zero-order chi connectivity index (χ0) is 13.8. The summed E-state index contributed by atoms with van der Waals surface area (Å²) in [7, 11) is 0. The number of carboxylic acid groups (broad SMARTS) is 1. The summed E-state index contributed by atoms with van der Waals surface area (Å²) in [5.41, 5.74) is 1.82. The molecule has 0 radical (unpaired) electrons. The number of carbonyl (C=O) groups is 2. The lowest BCUT2D eigenvalue weighted by atomic mass is 9.78. The minimum absolute atomic E-state index is 0.210. The van der Waals surface area contributed by atoms with E-state index in [1.807, 2.05) is 31.2 Å². The Kier molecular flexibility index (Phi) is 4.20. The second-order valence-electron chi connectivity index (χ2n) is 5.17. The van der Waals surface area contributed by atoms with Gasteiger partial charge in [0.15, 0.2) is 0 Å². The lowest BCUT2D eigenvalue weighted by Crippen LogP contribution is -2.42. The highest BCUT2D eigenvalue weighted by Crippen LogP contribution is 2.30. The molecular formula is C15H18NO3-. The van der Waals surface area contributed by atoms with Gasteiger partial charge in [-0.1, -0.05) is 30.5 Å². The van der Waals surface area contributed by atoms with Crippen molar-refractivity contribution in [2.75, 3.05) is 5.32 Å². The molecule has 0 bridgehead atoms. The third kappa shape index (κ3) is 3.34. The van der Waals surface area contributed by atoms with Gasteiger partial charge in [0.05, 0.1) is 0 Å². The first kappa shape index (κ1) is 13.6. The number of aliphatic carboxylic acids is 1. The van der Waals surface area contributed by atoms with Crippen LogP contribution in [0.1, 0.15) is 31.2 Å². The molecule has 2 atom stereocenters. The van der Waals surface area contributed by atoms with Crippen molar-refractivity contribution in [1.82, 2.24) is 0 Å². The van der Waals surface area contributed by atoms with Crippen LogP contribution in [0.3, 0.4) is 0 Å². The summed E-state index contributed by atoms with van der Waals surface area (Å²) < 4.78 is 0. The topological polar surface area (TPSA) is 69.2 Å². The third-order valence-electron chi connectivity index (χ3n) is 3.72. The molecule has 2 rings (SSSR count). The van der Waals surface area contributed by atoms with Gasteiger partial charge in [0.2, 0.25) is 5.91 Å². The van der Waals surface area contributed by atoms with Crippen LogP contribution in [0.15, 0.2) is 24.3 Å². The molecule has 0 heterocycles. The molecule has 4 heteroatoms. The average molecular weight is 260 g/mol. The van der Waals surface area contributed by atoms with Crippen LogP contribution >= 0.6 is 0 Å². The Bertz CT molecular complexity index is 467. The molecule has 1 aliphatic carbocycles. The predicted octanol–water partition coefficient (Wildman–Crippen LogP) is 1.49. The summed E-state index contributed by atoms with van der Waals surface area (Å²) in [5.74, 6) is -2.44. The number of aryl methyl sites for hydroxylation is 1. The molecule has 0 saturated heterocycles. The van der Waals surface area contributed by atoms with Crippen LogP contribution in [0.4, 0.5) is 5.69 Å². The Morgan fingerprint density at radius 1 is 1.11 bits per heavy atom. The summed E-state index contributed by atoms with van der Waals surface area (Å²) in [5, 5.41) is 13.9. The number of benzene rings is 1. The van der Waals surface area contributed by atoms with Gasteiger partial charge in [-0.2, -0.15) is 0 Å². The fourth-order valence-electron chi connectivity index (χ4n) is 2.60. The molecule has 1 aromatic rings. The predicted molar refractivity (Wildman–Crippen MR) is 70.3 cm³/mol. The lowest BCUT2D eigenvalue weighted by Gasteiger charge is -2.31. The van der Waals surface area contributed by atoms with Crippen molar-refractivity contribution in [1.29, 1.82) is 0 Å². The number of hydrogen-bond acceptors (Lipinski definition) is 3. The van der Waals surface area contributed by atoms with Crippen molar-refractivity contribution >= 4 is 17.6 Å². The molecule has 1 saturated carbocycles. The van der Waals surface area contributed by atoms with E-state index in [0.717, 1.165) is 18.4 Å². The van der Waals surface area contributed by atoms with E-state index < -0.39 is 17.8 Å². The number of carbonyl (C=O) groups excluding carboxylic acids is 2. The summed E-state index contributed by atoms with van der Waals surface area (Å²) in [6, 6.07) is 7.47. The van der Waals surface area contributed by atoms with Gasteiger partial charge in [0.25, 0.3) is 0 Å². The maximum atomic E-state index is 12.2. The van der Waals surface area contributed by atoms with Gasteiger partial charge in [0.1, 0.15) is 0 Å². The van der Waals surface area contributed by atoms with Gasteiger partial charge in [-0.15, -0.1) is 0 Å². The minimum Gasteiger partial charge on any atom is -0.550 e. The van der Waals surface area contributed by atoms with Gasteiger partial charge in [-0.3, -0.25) is 4.79 Å². The average Bonchev–Trinajstić information content (AvgIpc) is 2.41. The molecule has 1 amide bonds. The molecule has 0 aliphatic heterocycles. The molecule has 4 nitrogen and oxygen atoms in total. The van der Waals surface area contributed by atoms with Crippen LogP contribution in [0.5, 0.6) is 0 Å². The Hall–Kier alpha value is -1.84. The maximum absolute atomic E-state index is 12.2. The summed E-state index contributed by atoms with van der Waals surface area (Å²) in [6.07, 6.45) is 2.91. The van der Waals surface area contributed by atoms with Crippen molar-refractivity contribution in [2.45, 2.75) is 32.6 Å². The first-order valence-corrected chi connectivity index (χ1v) is 6.66. The molecule has 1 fully saturated rings. The van der Waals surface area contributed by atoms with Crippen LogP contribution in [-0.4, -0.2) is 11.9 Å². The second kappa shape index (κ2) is 5.87. The molecule has 102 valence electrons. The molecule has 1 N–H and O–H groups in total. The van der Waals surface area contributed by atoms with Crippen molar-refractivity contribution in [3.8, 4) is 0 Å². The number of hydrogen-bond donors (Lipinski definition) is 1. The van der Waals surface area contributed by atoms with Crippen molar-refractivity contribution in [3.63, 3.8) is 0 Å². The Morgan fingerprint density at radius 2 is 1.68 bits per heavy atom. The van der Waals surface area contributed by atoms with E-state index in [4.69, 9.17) is 0 Å². The minimum atomic E-state index is -1.11. The highest BCUT2D eigenvalue weighted by atomic mass is 16.4. The largest absolute Gasteiger partial charge is 0.550 e. The Labute approximate surface area is 112 Å². The number of nitrogens with one attached hydrogen (secondary N) is 1. The van der Waals surface area contributed by atoms with E-state index in [1.165, 1.54) is 0 Å². The number of rotatable bonds is 3. The van der Waals surface area contributed by atoms with Crippen LogP contribution in [0, 0.1) is 18.8 Å². The summed E-state index contributed by atoms with van der Waals surface area (Å²) in [6.45, 7) is 1.97. The first-order chi connectivity index (χ1) is 9.08. The van der Waals surface area contributed by atoms with E-state index in [0.29, 0.717) is 18.5 Å². The van der Waals surface area contributed by atoms with Crippen LogP contribution in [0.2, 0.25) is 0 Å². The molecule has 0 unspecified atom stereocenters. The van der Waals surface area contributed by atoms with E-state index in [-0.39, 0.29) is 5.91 Å². The smallest absolute Gasteiger partial charge is 0.228 e. The number of anilines is 1. The number of carboxylic acids is 1. The first-order valence-electron chi connectivity index (χ1n) is 6.66. The quantitative estimate of drug-likeness (QED) is 0.895. The Morgan fingerprint density at radius 3 is 2.26 bits per heavy atom. The SMILES string of the molecule is Cc1ccc(NC(=O)[C@@H]2CCCC[C@H]2C(=O)[O-])cc1. The molecule has 1 aliphatic rings. The van der Waals surface area contributed by atoms with E-state index in [2.05, 4.69) is 5.32 Å². The molecule has 1 aromatic carbocycles. The fourth-order valence-corrected chi connectivity index (χ4v) is 2.60. The van der Waals surface area contributed by atoms with Gasteiger partial charge in [-0.05, 0) is 31.9 Å². The van der Waals surface area contributed by atoms with Crippen LogP contribution < -0.4 is 10.4 Å². The van der Waals surface area contributed by atoms with Crippen LogP contribution in [-0.2, 0) is 9.59 Å². The maximum Gasteiger partial charge on any atom is 0.228 e. The summed E-state index contributed by atoms with van der Waals surface area (Å²) in [4.78, 5) is 23.2. The van der Waals surface area contributed by atoms with Gasteiger partial charge >= 0.3 is 0 Å². The van der Waals surface area contributed by atoms with Crippen molar-refractivity contribution < 1.29 is 14.7 Å². The Balaban J connectivity index is 2.05. The van der Waals surface area contributed by atoms with Crippen molar-refractivity contribution in [2.24, 2.45) is 11.8 Å². The lowest BCUT2D eigenvalue weighted by molar-refractivity contribution is -0.313. The van der Waals surface area contributed by atoms with Crippen molar-refractivity contribution in [3.05, 3.63) is 29.8 Å². The van der Waals surface area contributed by atoms with Crippen LogP contribution in [0.25, 0.3) is 0 Å². The fraction of sp³-hybridized carbons (Fsp3) is 0.467. The van der Waals surface area contributed by atoms with Gasteiger partial charge < -0.3 is 15.2 Å². The van der Waals surface area contributed by atoms with Gasteiger partial charge in [0, 0.05) is 23.5 Å². The number of amides is 1. The molecular weight excluding hydrogens is 242 g/mol. The molecule has 19 heavy (non-hydrogen) atoms. The third-order valence-corrected chi connectivity index (χ3v) is 3.72. The van der Waals surface area contributed by atoms with E-state index >= 15 is 0 Å². The van der Waals surface area contributed by atoms with E-state index in [1.54, 1.807) is 0 Å².